The average molecular weight is 494 g/mol. The van der Waals surface area contributed by atoms with Gasteiger partial charge in [0.2, 0.25) is 11.8 Å². The molecule has 3 aromatic rings. The fourth-order valence-corrected chi connectivity index (χ4v) is 6.36. The van der Waals surface area contributed by atoms with Crippen LogP contribution in [0.2, 0.25) is 0 Å². The summed E-state index contributed by atoms with van der Waals surface area (Å²) in [5.41, 5.74) is 1.74. The molecule has 0 aliphatic carbocycles. The molecule has 0 spiro atoms. The molecule has 3 aromatic carbocycles. The summed E-state index contributed by atoms with van der Waals surface area (Å²) in [5.74, 6) is -0.356. The van der Waals surface area contributed by atoms with Crippen LogP contribution in [0.3, 0.4) is 0 Å². The van der Waals surface area contributed by atoms with Gasteiger partial charge in [-0.15, -0.1) is 0 Å². The van der Waals surface area contributed by atoms with E-state index in [4.69, 9.17) is 0 Å². The Morgan fingerprint density at radius 1 is 1.00 bits per heavy atom. The molecule has 35 heavy (non-hydrogen) atoms. The van der Waals surface area contributed by atoms with Crippen molar-refractivity contribution in [1.29, 1.82) is 0 Å². The Kier molecular flexibility index (Phi) is 7.40. The van der Waals surface area contributed by atoms with E-state index < -0.39 is 16.1 Å². The highest BCUT2D eigenvalue weighted by atomic mass is 32.2. The highest BCUT2D eigenvalue weighted by molar-refractivity contribution is 7.93. The van der Waals surface area contributed by atoms with Crippen molar-refractivity contribution in [3.8, 4) is 0 Å². The third kappa shape index (κ3) is 5.03. The fraction of sp³-hybridized carbons (Fsp3) is 0.333. The highest BCUT2D eigenvalue weighted by Crippen LogP contribution is 2.42. The highest BCUT2D eigenvalue weighted by Gasteiger charge is 2.35. The second-order valence-corrected chi connectivity index (χ2v) is 10.5. The summed E-state index contributed by atoms with van der Waals surface area (Å²) in [7, 11) is -3.66. The summed E-state index contributed by atoms with van der Waals surface area (Å²) >= 11 is 0. The number of benzene rings is 3. The molecule has 1 N–H and O–H groups in total. The van der Waals surface area contributed by atoms with Crippen molar-refractivity contribution < 1.29 is 18.0 Å². The molecule has 0 aromatic heterocycles. The molecule has 2 amide bonds. The molecule has 1 heterocycles. The molecular formula is C27H31N3O4S. The lowest BCUT2D eigenvalue weighted by Gasteiger charge is -2.29. The Morgan fingerprint density at radius 2 is 1.71 bits per heavy atom. The number of hydrogen-bond donors (Lipinski definition) is 1. The van der Waals surface area contributed by atoms with Crippen LogP contribution in [0.5, 0.6) is 0 Å². The summed E-state index contributed by atoms with van der Waals surface area (Å²) in [6, 6.07) is 20.1. The molecule has 7 nitrogen and oxygen atoms in total. The van der Waals surface area contributed by atoms with Crippen molar-refractivity contribution in [2.45, 2.75) is 44.0 Å². The lowest BCUT2D eigenvalue weighted by atomic mass is 10.1. The number of anilines is 1. The first-order chi connectivity index (χ1) is 16.8. The van der Waals surface area contributed by atoms with Gasteiger partial charge in [-0.25, -0.2) is 8.42 Å². The number of rotatable bonds is 10. The minimum atomic E-state index is -3.66. The van der Waals surface area contributed by atoms with Gasteiger partial charge >= 0.3 is 0 Å². The number of carbonyl (C=O) groups is 2. The number of hydrogen-bond acceptors (Lipinski definition) is 4. The van der Waals surface area contributed by atoms with E-state index >= 15 is 0 Å². The van der Waals surface area contributed by atoms with E-state index in [0.717, 1.165) is 16.3 Å². The van der Waals surface area contributed by atoms with Gasteiger partial charge in [0.05, 0.1) is 10.6 Å². The molecule has 8 heteroatoms. The summed E-state index contributed by atoms with van der Waals surface area (Å²) in [5, 5.41) is 4.40. The SMILES string of the molecule is CCNC(=O)[C@H](C)N(CCc1ccccc1)C(=O)CCCN1c2cccc3cccc(c23)S1(=O)=O. The standard InChI is InChI=1S/C27H31N3O4S/c1-3-28-27(32)20(2)29(19-17-21-10-5-4-6-11-21)25(31)16-9-18-30-23-14-7-12-22-13-8-15-24(26(22)23)35(30,33)34/h4-8,10-15,20H,3,9,16-19H2,1-2H3,(H,28,32)/t20-/m0/s1. The summed E-state index contributed by atoms with van der Waals surface area (Å²) in [6.07, 6.45) is 1.14. The van der Waals surface area contributed by atoms with Gasteiger partial charge in [-0.3, -0.25) is 13.9 Å². The topological polar surface area (TPSA) is 86.8 Å². The molecule has 0 saturated heterocycles. The smallest absolute Gasteiger partial charge is 0.265 e. The van der Waals surface area contributed by atoms with Crippen LogP contribution in [0.15, 0.2) is 71.6 Å². The molecule has 184 valence electrons. The Bertz CT molecular complexity index is 1320. The minimum absolute atomic E-state index is 0.150. The molecule has 1 aliphatic heterocycles. The van der Waals surface area contributed by atoms with Crippen LogP contribution in [0.4, 0.5) is 5.69 Å². The molecule has 0 unspecified atom stereocenters. The van der Waals surface area contributed by atoms with Crippen LogP contribution in [0.1, 0.15) is 32.3 Å². The Labute approximate surface area is 206 Å². The molecular weight excluding hydrogens is 462 g/mol. The third-order valence-corrected chi connectivity index (χ3v) is 8.29. The first-order valence-electron chi connectivity index (χ1n) is 12.0. The molecule has 4 rings (SSSR count). The number of nitrogens with one attached hydrogen (secondary N) is 1. The van der Waals surface area contributed by atoms with E-state index in [-0.39, 0.29) is 24.8 Å². The zero-order chi connectivity index (χ0) is 25.0. The van der Waals surface area contributed by atoms with Crippen molar-refractivity contribution in [3.63, 3.8) is 0 Å². The zero-order valence-corrected chi connectivity index (χ0v) is 20.9. The molecule has 1 aliphatic rings. The number of carbonyl (C=O) groups excluding carboxylic acids is 2. The normalized spacial score (nSPS) is 14.6. The summed E-state index contributed by atoms with van der Waals surface area (Å²) < 4.78 is 27.8. The Hall–Kier alpha value is -3.39. The van der Waals surface area contributed by atoms with E-state index in [0.29, 0.717) is 36.5 Å². The van der Waals surface area contributed by atoms with Crippen molar-refractivity contribution in [3.05, 3.63) is 72.3 Å². The lowest BCUT2D eigenvalue weighted by Crippen LogP contribution is -2.48. The van der Waals surface area contributed by atoms with Gasteiger partial charge in [-0.05, 0) is 49.8 Å². The van der Waals surface area contributed by atoms with E-state index in [1.165, 1.54) is 4.31 Å². The van der Waals surface area contributed by atoms with Gasteiger partial charge in [0.15, 0.2) is 0 Å². The second kappa shape index (κ2) is 10.5. The maximum atomic E-state index is 13.2. The predicted molar refractivity (Wildman–Crippen MR) is 138 cm³/mol. The Balaban J connectivity index is 1.45. The summed E-state index contributed by atoms with van der Waals surface area (Å²) in [4.78, 5) is 27.7. The minimum Gasteiger partial charge on any atom is -0.355 e. The van der Waals surface area contributed by atoms with Crippen LogP contribution in [0, 0.1) is 0 Å². The number of sulfonamides is 1. The van der Waals surface area contributed by atoms with Gasteiger partial charge in [0, 0.05) is 31.4 Å². The zero-order valence-electron chi connectivity index (χ0n) is 20.1. The van der Waals surface area contributed by atoms with E-state index in [9.17, 15) is 18.0 Å². The van der Waals surface area contributed by atoms with Crippen LogP contribution in [0.25, 0.3) is 10.8 Å². The van der Waals surface area contributed by atoms with E-state index in [1.807, 2.05) is 61.5 Å². The maximum Gasteiger partial charge on any atom is 0.265 e. The third-order valence-electron chi connectivity index (χ3n) is 6.44. The number of nitrogens with zero attached hydrogens (tertiary/aromatic N) is 2. The van der Waals surface area contributed by atoms with Crippen molar-refractivity contribution in [2.24, 2.45) is 0 Å². The van der Waals surface area contributed by atoms with Crippen LogP contribution >= 0.6 is 0 Å². The number of likely N-dealkylation sites (N-methyl/N-ethyl adjacent to an activating group) is 1. The van der Waals surface area contributed by atoms with Crippen LogP contribution in [-0.4, -0.2) is 50.8 Å². The fourth-order valence-electron chi connectivity index (χ4n) is 4.61. The van der Waals surface area contributed by atoms with Gasteiger partial charge < -0.3 is 10.2 Å². The largest absolute Gasteiger partial charge is 0.355 e. The lowest BCUT2D eigenvalue weighted by molar-refractivity contribution is -0.139. The quantitative estimate of drug-likeness (QED) is 0.466. The van der Waals surface area contributed by atoms with Gasteiger partial charge in [0.25, 0.3) is 10.0 Å². The maximum absolute atomic E-state index is 13.2. The van der Waals surface area contributed by atoms with Crippen molar-refractivity contribution >= 4 is 38.3 Å². The Morgan fingerprint density at radius 3 is 2.43 bits per heavy atom. The molecule has 0 saturated carbocycles. The molecule has 0 radical (unpaired) electrons. The second-order valence-electron chi connectivity index (χ2n) is 8.71. The molecule has 0 fully saturated rings. The predicted octanol–water partition coefficient (Wildman–Crippen LogP) is 3.72. The van der Waals surface area contributed by atoms with Gasteiger partial charge in [-0.1, -0.05) is 54.6 Å². The molecule has 0 bridgehead atoms. The van der Waals surface area contributed by atoms with Gasteiger partial charge in [-0.2, -0.15) is 0 Å². The number of amides is 2. The van der Waals surface area contributed by atoms with Crippen LogP contribution < -0.4 is 9.62 Å². The van der Waals surface area contributed by atoms with E-state index in [1.54, 1.807) is 24.0 Å². The van der Waals surface area contributed by atoms with Gasteiger partial charge in [0.1, 0.15) is 6.04 Å². The average Bonchev–Trinajstić information content (AvgIpc) is 3.08. The first-order valence-corrected chi connectivity index (χ1v) is 13.4. The van der Waals surface area contributed by atoms with Crippen molar-refractivity contribution in [1.82, 2.24) is 10.2 Å². The first kappa shape index (κ1) is 24.7. The monoisotopic (exact) mass is 493 g/mol. The van der Waals surface area contributed by atoms with Crippen LogP contribution in [-0.2, 0) is 26.0 Å². The van der Waals surface area contributed by atoms with E-state index in [2.05, 4.69) is 5.32 Å². The summed E-state index contributed by atoms with van der Waals surface area (Å²) in [6.45, 7) is 4.67. The van der Waals surface area contributed by atoms with Crippen molar-refractivity contribution in [2.75, 3.05) is 23.9 Å². The molecule has 1 atom stereocenters.